The van der Waals surface area contributed by atoms with Crippen LogP contribution in [-0.4, -0.2) is 12.0 Å². The van der Waals surface area contributed by atoms with Crippen LogP contribution in [0, 0.1) is 27.7 Å². The molecule has 0 aliphatic rings. The summed E-state index contributed by atoms with van der Waals surface area (Å²) < 4.78 is 6.02. The van der Waals surface area contributed by atoms with Gasteiger partial charge in [-0.2, -0.15) is 0 Å². The molecule has 0 radical (unpaired) electrons. The molecule has 2 aromatic carbocycles. The predicted octanol–water partition coefficient (Wildman–Crippen LogP) is 4.96. The SMILES string of the molecule is CC[C@H](Oc1cccc(C)c1C)C(=O)N[C@@H](C)c1cc(C)ccc1C. The van der Waals surface area contributed by atoms with Crippen LogP contribution in [0.2, 0.25) is 0 Å². The summed E-state index contributed by atoms with van der Waals surface area (Å²) in [6.07, 6.45) is 0.131. The highest BCUT2D eigenvalue weighted by Crippen LogP contribution is 2.23. The van der Waals surface area contributed by atoms with E-state index in [0.29, 0.717) is 6.42 Å². The van der Waals surface area contributed by atoms with E-state index in [0.717, 1.165) is 22.4 Å². The van der Waals surface area contributed by atoms with Gasteiger partial charge in [-0.25, -0.2) is 0 Å². The zero-order valence-corrected chi connectivity index (χ0v) is 16.1. The lowest BCUT2D eigenvalue weighted by atomic mass is 10.00. The van der Waals surface area contributed by atoms with E-state index in [9.17, 15) is 4.79 Å². The lowest BCUT2D eigenvalue weighted by Crippen LogP contribution is -2.39. The van der Waals surface area contributed by atoms with E-state index in [1.807, 2.05) is 45.9 Å². The van der Waals surface area contributed by atoms with Gasteiger partial charge in [0.05, 0.1) is 6.04 Å². The maximum Gasteiger partial charge on any atom is 0.261 e. The minimum absolute atomic E-state index is 0.0522. The second-order valence-corrected chi connectivity index (χ2v) is 6.80. The molecule has 0 saturated carbocycles. The highest BCUT2D eigenvalue weighted by molar-refractivity contribution is 5.81. The lowest BCUT2D eigenvalue weighted by Gasteiger charge is -2.23. The van der Waals surface area contributed by atoms with Crippen LogP contribution in [0.15, 0.2) is 36.4 Å². The fourth-order valence-electron chi connectivity index (χ4n) is 2.94. The number of carbonyl (C=O) groups excluding carboxylic acids is 1. The van der Waals surface area contributed by atoms with Gasteiger partial charge in [0.1, 0.15) is 5.75 Å². The number of aryl methyl sites for hydroxylation is 3. The van der Waals surface area contributed by atoms with Crippen LogP contribution in [0.3, 0.4) is 0 Å². The molecule has 3 heteroatoms. The van der Waals surface area contributed by atoms with Crippen LogP contribution in [0.4, 0.5) is 0 Å². The quantitative estimate of drug-likeness (QED) is 0.808. The molecule has 0 bridgehead atoms. The van der Waals surface area contributed by atoms with E-state index in [-0.39, 0.29) is 11.9 Å². The largest absolute Gasteiger partial charge is 0.480 e. The Bertz CT molecular complexity index is 752. The second kappa shape index (κ2) is 8.19. The van der Waals surface area contributed by atoms with E-state index in [2.05, 4.69) is 37.4 Å². The van der Waals surface area contributed by atoms with Crippen molar-refractivity contribution in [3.05, 3.63) is 64.2 Å². The van der Waals surface area contributed by atoms with Crippen molar-refractivity contribution in [2.75, 3.05) is 0 Å². The minimum atomic E-state index is -0.493. The molecule has 0 spiro atoms. The molecular weight excluding hydrogens is 310 g/mol. The third-order valence-electron chi connectivity index (χ3n) is 4.75. The van der Waals surface area contributed by atoms with Crippen molar-refractivity contribution in [2.24, 2.45) is 0 Å². The number of carbonyl (C=O) groups is 1. The number of benzene rings is 2. The van der Waals surface area contributed by atoms with Crippen molar-refractivity contribution in [1.29, 1.82) is 0 Å². The Kier molecular flexibility index (Phi) is 6.24. The first kappa shape index (κ1) is 19.0. The average Bonchev–Trinajstić information content (AvgIpc) is 2.58. The van der Waals surface area contributed by atoms with Gasteiger partial charge in [0.2, 0.25) is 0 Å². The lowest BCUT2D eigenvalue weighted by molar-refractivity contribution is -0.128. The van der Waals surface area contributed by atoms with Crippen LogP contribution in [0.1, 0.15) is 54.1 Å². The summed E-state index contributed by atoms with van der Waals surface area (Å²) in [6.45, 7) is 12.2. The van der Waals surface area contributed by atoms with E-state index < -0.39 is 6.10 Å². The molecule has 2 rings (SSSR count). The second-order valence-electron chi connectivity index (χ2n) is 6.80. The molecule has 0 aliphatic carbocycles. The third-order valence-corrected chi connectivity index (χ3v) is 4.75. The van der Waals surface area contributed by atoms with Crippen LogP contribution in [0.5, 0.6) is 5.75 Å². The van der Waals surface area contributed by atoms with Crippen molar-refractivity contribution in [3.8, 4) is 5.75 Å². The van der Waals surface area contributed by atoms with E-state index >= 15 is 0 Å². The summed E-state index contributed by atoms with van der Waals surface area (Å²) >= 11 is 0. The van der Waals surface area contributed by atoms with Gasteiger partial charge in [-0.05, 0) is 69.4 Å². The molecule has 0 unspecified atom stereocenters. The molecule has 1 N–H and O–H groups in total. The molecule has 25 heavy (non-hydrogen) atoms. The number of amides is 1. The molecule has 2 atom stereocenters. The molecular formula is C22H29NO2. The fraction of sp³-hybridized carbons (Fsp3) is 0.409. The first-order chi connectivity index (χ1) is 11.8. The molecule has 1 amide bonds. The Hall–Kier alpha value is -2.29. The third kappa shape index (κ3) is 4.62. The van der Waals surface area contributed by atoms with E-state index in [4.69, 9.17) is 4.74 Å². The van der Waals surface area contributed by atoms with Gasteiger partial charge in [0, 0.05) is 0 Å². The van der Waals surface area contributed by atoms with Crippen LogP contribution in [0.25, 0.3) is 0 Å². The smallest absolute Gasteiger partial charge is 0.261 e. The normalized spacial score (nSPS) is 13.2. The van der Waals surface area contributed by atoms with Gasteiger partial charge in [-0.15, -0.1) is 0 Å². The number of hydrogen-bond donors (Lipinski definition) is 1. The van der Waals surface area contributed by atoms with Gasteiger partial charge in [-0.3, -0.25) is 4.79 Å². The topological polar surface area (TPSA) is 38.3 Å². The monoisotopic (exact) mass is 339 g/mol. The Morgan fingerprint density at radius 1 is 1.08 bits per heavy atom. The summed E-state index contributed by atoms with van der Waals surface area (Å²) in [6, 6.07) is 12.2. The Balaban J connectivity index is 2.11. The summed E-state index contributed by atoms with van der Waals surface area (Å²) in [4.78, 5) is 12.7. The van der Waals surface area contributed by atoms with Crippen molar-refractivity contribution in [2.45, 2.75) is 60.1 Å². The van der Waals surface area contributed by atoms with Gasteiger partial charge >= 0.3 is 0 Å². The predicted molar refractivity (Wildman–Crippen MR) is 103 cm³/mol. The van der Waals surface area contributed by atoms with Gasteiger partial charge in [0.25, 0.3) is 5.91 Å². The molecule has 2 aromatic rings. The number of nitrogens with one attached hydrogen (secondary N) is 1. The van der Waals surface area contributed by atoms with Crippen molar-refractivity contribution < 1.29 is 9.53 Å². The van der Waals surface area contributed by atoms with Gasteiger partial charge in [-0.1, -0.05) is 42.8 Å². The molecule has 0 fully saturated rings. The van der Waals surface area contributed by atoms with Crippen molar-refractivity contribution >= 4 is 5.91 Å². The van der Waals surface area contributed by atoms with Crippen LogP contribution >= 0.6 is 0 Å². The van der Waals surface area contributed by atoms with E-state index in [1.54, 1.807) is 0 Å². The zero-order chi connectivity index (χ0) is 18.6. The molecule has 0 aromatic heterocycles. The Morgan fingerprint density at radius 3 is 2.48 bits per heavy atom. The van der Waals surface area contributed by atoms with E-state index in [1.165, 1.54) is 11.1 Å². The number of ether oxygens (including phenoxy) is 1. The highest BCUT2D eigenvalue weighted by atomic mass is 16.5. The van der Waals surface area contributed by atoms with Crippen LogP contribution < -0.4 is 10.1 Å². The summed E-state index contributed by atoms with van der Waals surface area (Å²) in [5, 5.41) is 3.11. The molecule has 3 nitrogen and oxygen atoms in total. The Labute approximate surface area is 151 Å². The fourth-order valence-corrected chi connectivity index (χ4v) is 2.94. The van der Waals surface area contributed by atoms with Crippen molar-refractivity contribution in [3.63, 3.8) is 0 Å². The first-order valence-electron chi connectivity index (χ1n) is 8.93. The van der Waals surface area contributed by atoms with Crippen LogP contribution in [-0.2, 0) is 4.79 Å². The number of rotatable bonds is 6. The maximum absolute atomic E-state index is 12.7. The van der Waals surface area contributed by atoms with Gasteiger partial charge < -0.3 is 10.1 Å². The molecule has 134 valence electrons. The first-order valence-corrected chi connectivity index (χ1v) is 8.93. The molecule has 0 aliphatic heterocycles. The summed E-state index contributed by atoms with van der Waals surface area (Å²) in [7, 11) is 0. The number of hydrogen-bond acceptors (Lipinski definition) is 2. The maximum atomic E-state index is 12.7. The standard InChI is InChI=1S/C22H29NO2/c1-7-20(25-21-10-8-9-15(3)17(21)5)22(24)23-18(6)19-13-14(2)11-12-16(19)4/h8-13,18,20H,7H2,1-6H3,(H,23,24)/t18-,20-/m0/s1. The highest BCUT2D eigenvalue weighted by Gasteiger charge is 2.22. The minimum Gasteiger partial charge on any atom is -0.480 e. The Morgan fingerprint density at radius 2 is 1.80 bits per heavy atom. The molecule has 0 saturated heterocycles. The summed E-state index contributed by atoms with van der Waals surface area (Å²) in [5.74, 6) is 0.707. The summed E-state index contributed by atoms with van der Waals surface area (Å²) in [5.41, 5.74) is 5.77. The average molecular weight is 339 g/mol. The molecule has 0 heterocycles. The van der Waals surface area contributed by atoms with Crippen molar-refractivity contribution in [1.82, 2.24) is 5.32 Å². The zero-order valence-electron chi connectivity index (χ0n) is 16.1. The van der Waals surface area contributed by atoms with Gasteiger partial charge in [0.15, 0.2) is 6.10 Å².